The van der Waals surface area contributed by atoms with Crippen LogP contribution in [0.2, 0.25) is 0 Å². The second kappa shape index (κ2) is 4.70. The molecule has 1 heterocycles. The molecule has 11 heavy (non-hydrogen) atoms. The van der Waals surface area contributed by atoms with E-state index in [1.807, 2.05) is 6.92 Å². The van der Waals surface area contributed by atoms with Crippen LogP contribution in [0.4, 0.5) is 0 Å². The zero-order valence-corrected chi connectivity index (χ0v) is 7.38. The van der Waals surface area contributed by atoms with Gasteiger partial charge in [0.25, 0.3) is 0 Å². The lowest BCUT2D eigenvalue weighted by Crippen LogP contribution is -2.42. The maximum Gasteiger partial charge on any atom is 0.0935 e. The van der Waals surface area contributed by atoms with E-state index < -0.39 is 0 Å². The minimum Gasteiger partial charge on any atom is -0.379 e. The highest BCUT2D eigenvalue weighted by Crippen LogP contribution is 2.02. The third-order valence-corrected chi connectivity index (χ3v) is 1.85. The molecule has 0 bridgehead atoms. The van der Waals surface area contributed by atoms with Gasteiger partial charge in [-0.1, -0.05) is 0 Å². The number of morpholine rings is 1. The Kier molecular flexibility index (Phi) is 3.83. The van der Waals surface area contributed by atoms with Crippen molar-refractivity contribution in [1.82, 2.24) is 4.90 Å². The van der Waals surface area contributed by atoms with E-state index in [1.165, 1.54) is 0 Å². The van der Waals surface area contributed by atoms with E-state index in [4.69, 9.17) is 9.47 Å². The number of hydrogen-bond donors (Lipinski definition) is 0. The Labute approximate surface area is 68.3 Å². The molecule has 1 atom stereocenters. The van der Waals surface area contributed by atoms with Gasteiger partial charge >= 0.3 is 0 Å². The molecule has 3 nitrogen and oxygen atoms in total. The lowest BCUT2D eigenvalue weighted by Gasteiger charge is -2.29. The van der Waals surface area contributed by atoms with E-state index in [0.717, 1.165) is 32.9 Å². The van der Waals surface area contributed by atoms with Gasteiger partial charge in [-0.2, -0.15) is 0 Å². The molecule has 1 fully saturated rings. The number of ether oxygens (including phenoxy) is 2. The van der Waals surface area contributed by atoms with E-state index in [0.29, 0.717) is 0 Å². The van der Waals surface area contributed by atoms with Gasteiger partial charge in [-0.15, -0.1) is 0 Å². The van der Waals surface area contributed by atoms with Crippen molar-refractivity contribution in [1.29, 1.82) is 0 Å². The first-order valence-electron chi connectivity index (χ1n) is 4.21. The van der Waals surface area contributed by atoms with Gasteiger partial charge < -0.3 is 14.4 Å². The molecule has 0 aromatic carbocycles. The molecule has 0 aromatic heterocycles. The summed E-state index contributed by atoms with van der Waals surface area (Å²) in [5.41, 5.74) is 0. The fraction of sp³-hybridized carbons (Fsp3) is 1.00. The molecule has 0 spiro atoms. The molecule has 66 valence electrons. The molecule has 0 N–H and O–H groups in total. The highest BCUT2D eigenvalue weighted by atomic mass is 16.5. The minimum atomic E-state index is 0.286. The van der Waals surface area contributed by atoms with Crippen LogP contribution in [0, 0.1) is 0 Å². The maximum atomic E-state index is 5.48. The normalized spacial score (nSPS) is 27.3. The van der Waals surface area contributed by atoms with Crippen molar-refractivity contribution >= 4 is 0 Å². The number of nitrogens with zero attached hydrogens (tertiary/aromatic N) is 1. The summed E-state index contributed by atoms with van der Waals surface area (Å²) < 4.78 is 10.8. The highest BCUT2D eigenvalue weighted by molar-refractivity contribution is 4.67. The number of hydrogen-bond acceptors (Lipinski definition) is 3. The Hall–Kier alpha value is -0.120. The van der Waals surface area contributed by atoms with Gasteiger partial charge in [0.2, 0.25) is 0 Å². The Bertz CT molecular complexity index is 108. The van der Waals surface area contributed by atoms with E-state index in [1.54, 1.807) is 0 Å². The van der Waals surface area contributed by atoms with Crippen LogP contribution in [0.3, 0.4) is 0 Å². The third kappa shape index (κ3) is 3.18. The topological polar surface area (TPSA) is 21.7 Å². The average Bonchev–Trinajstić information content (AvgIpc) is 2.01. The van der Waals surface area contributed by atoms with E-state index >= 15 is 0 Å². The predicted octanol–water partition coefficient (Wildman–Crippen LogP) is 0.353. The molecule has 1 saturated heterocycles. The number of likely N-dealkylation sites (N-methyl/N-ethyl adjacent to an activating group) is 1. The van der Waals surface area contributed by atoms with Crippen molar-refractivity contribution in [3.63, 3.8) is 0 Å². The fourth-order valence-corrected chi connectivity index (χ4v) is 1.22. The first-order valence-corrected chi connectivity index (χ1v) is 4.21. The molecule has 0 amide bonds. The van der Waals surface area contributed by atoms with Crippen LogP contribution in [0.1, 0.15) is 6.92 Å². The molecule has 1 aliphatic rings. The zero-order valence-electron chi connectivity index (χ0n) is 7.38. The lowest BCUT2D eigenvalue weighted by molar-refractivity contribution is -0.0612. The van der Waals surface area contributed by atoms with Crippen LogP contribution in [0.5, 0.6) is 0 Å². The largest absolute Gasteiger partial charge is 0.379 e. The summed E-state index contributed by atoms with van der Waals surface area (Å²) in [5, 5.41) is 0. The molecule has 3 heteroatoms. The van der Waals surface area contributed by atoms with Gasteiger partial charge in [0.1, 0.15) is 0 Å². The van der Waals surface area contributed by atoms with Crippen molar-refractivity contribution in [2.75, 3.05) is 40.0 Å². The Morgan fingerprint density at radius 3 is 3.09 bits per heavy atom. The van der Waals surface area contributed by atoms with E-state index in [-0.39, 0.29) is 6.10 Å². The molecular weight excluding hydrogens is 142 g/mol. The van der Waals surface area contributed by atoms with Crippen molar-refractivity contribution in [2.45, 2.75) is 13.0 Å². The SMILES string of the molecule is CCOCC1CN(C)CCO1. The Morgan fingerprint density at radius 1 is 1.64 bits per heavy atom. The molecular formula is C8H17NO2. The molecule has 0 aromatic rings. The summed E-state index contributed by atoms with van der Waals surface area (Å²) in [7, 11) is 2.11. The Balaban J connectivity index is 2.12. The molecule has 1 unspecified atom stereocenters. The molecule has 0 radical (unpaired) electrons. The van der Waals surface area contributed by atoms with Crippen LogP contribution in [0.25, 0.3) is 0 Å². The van der Waals surface area contributed by atoms with Crippen LogP contribution >= 0.6 is 0 Å². The Morgan fingerprint density at radius 2 is 2.45 bits per heavy atom. The summed E-state index contributed by atoms with van der Waals surface area (Å²) in [4.78, 5) is 2.27. The molecule has 0 saturated carbocycles. The first-order chi connectivity index (χ1) is 5.33. The summed E-state index contributed by atoms with van der Waals surface area (Å²) in [6.07, 6.45) is 0.286. The maximum absolute atomic E-state index is 5.48. The summed E-state index contributed by atoms with van der Waals surface area (Å²) in [6.45, 7) is 6.41. The zero-order chi connectivity index (χ0) is 8.10. The molecule has 1 aliphatic heterocycles. The van der Waals surface area contributed by atoms with Crippen molar-refractivity contribution in [2.24, 2.45) is 0 Å². The summed E-state index contributed by atoms with van der Waals surface area (Å²) in [5.74, 6) is 0. The van der Waals surface area contributed by atoms with Gasteiger partial charge in [0.15, 0.2) is 0 Å². The fourth-order valence-electron chi connectivity index (χ4n) is 1.22. The molecule has 1 rings (SSSR count). The van der Waals surface area contributed by atoms with Gasteiger partial charge in [0, 0.05) is 19.7 Å². The van der Waals surface area contributed by atoms with Crippen molar-refractivity contribution in [3.8, 4) is 0 Å². The second-order valence-corrected chi connectivity index (χ2v) is 2.91. The summed E-state index contributed by atoms with van der Waals surface area (Å²) >= 11 is 0. The second-order valence-electron chi connectivity index (χ2n) is 2.91. The van der Waals surface area contributed by atoms with Crippen LogP contribution in [-0.2, 0) is 9.47 Å². The first kappa shape index (κ1) is 8.97. The smallest absolute Gasteiger partial charge is 0.0935 e. The van der Waals surface area contributed by atoms with Gasteiger partial charge in [-0.25, -0.2) is 0 Å². The predicted molar refractivity (Wildman–Crippen MR) is 43.7 cm³/mol. The quantitative estimate of drug-likeness (QED) is 0.593. The monoisotopic (exact) mass is 159 g/mol. The van der Waals surface area contributed by atoms with Crippen molar-refractivity contribution < 1.29 is 9.47 Å². The van der Waals surface area contributed by atoms with E-state index in [9.17, 15) is 0 Å². The van der Waals surface area contributed by atoms with Crippen LogP contribution in [-0.4, -0.2) is 51.0 Å². The average molecular weight is 159 g/mol. The summed E-state index contributed by atoms with van der Waals surface area (Å²) in [6, 6.07) is 0. The lowest BCUT2D eigenvalue weighted by atomic mass is 10.3. The van der Waals surface area contributed by atoms with Crippen LogP contribution in [0.15, 0.2) is 0 Å². The third-order valence-electron chi connectivity index (χ3n) is 1.85. The van der Waals surface area contributed by atoms with Crippen LogP contribution < -0.4 is 0 Å². The van der Waals surface area contributed by atoms with E-state index in [2.05, 4.69) is 11.9 Å². The standard InChI is InChI=1S/C8H17NO2/c1-3-10-7-8-6-9(2)4-5-11-8/h8H,3-7H2,1-2H3. The molecule has 0 aliphatic carbocycles. The van der Waals surface area contributed by atoms with Gasteiger partial charge in [-0.05, 0) is 14.0 Å². The van der Waals surface area contributed by atoms with Gasteiger partial charge in [0.05, 0.1) is 19.3 Å². The minimum absolute atomic E-state index is 0.286. The highest BCUT2D eigenvalue weighted by Gasteiger charge is 2.16. The van der Waals surface area contributed by atoms with Gasteiger partial charge in [-0.3, -0.25) is 0 Å². The number of rotatable bonds is 3. The van der Waals surface area contributed by atoms with Crippen molar-refractivity contribution in [3.05, 3.63) is 0 Å².